The molecule has 0 saturated carbocycles. The zero-order valence-corrected chi connectivity index (χ0v) is 14.7. The number of benzene rings is 2. The van der Waals surface area contributed by atoms with Gasteiger partial charge in [0.05, 0.1) is 21.0 Å². The van der Waals surface area contributed by atoms with Gasteiger partial charge in [-0.25, -0.2) is 0 Å². The fraction of sp³-hybridized carbons (Fsp3) is 0.0526. The molecule has 6 heteroatoms. The van der Waals surface area contributed by atoms with Crippen molar-refractivity contribution in [1.29, 1.82) is 0 Å². The standard InChI is InChI=1S/C19H13Cl2NO3/c1-11-2-6-17-14(8-11)19(24)12(10-25-17)3-7-18(23)22-13-4-5-15(20)16(21)9-13/h2-10H,1H3,(H,22,23)/b7-3+. The summed E-state index contributed by atoms with van der Waals surface area (Å²) in [6, 6.07) is 10.1. The lowest BCUT2D eigenvalue weighted by Crippen LogP contribution is -2.09. The van der Waals surface area contributed by atoms with E-state index in [4.69, 9.17) is 27.6 Å². The Bertz CT molecular complexity index is 1050. The first-order valence-corrected chi connectivity index (χ1v) is 8.16. The molecule has 0 unspecified atom stereocenters. The Balaban J connectivity index is 1.82. The molecule has 3 rings (SSSR count). The highest BCUT2D eigenvalue weighted by molar-refractivity contribution is 6.42. The van der Waals surface area contributed by atoms with Crippen LogP contribution in [-0.2, 0) is 4.79 Å². The van der Waals surface area contributed by atoms with E-state index in [0.29, 0.717) is 32.3 Å². The van der Waals surface area contributed by atoms with Crippen LogP contribution in [0.5, 0.6) is 0 Å². The summed E-state index contributed by atoms with van der Waals surface area (Å²) in [4.78, 5) is 24.5. The molecule has 0 saturated heterocycles. The zero-order valence-electron chi connectivity index (χ0n) is 13.2. The summed E-state index contributed by atoms with van der Waals surface area (Å²) in [5.74, 6) is -0.401. The SMILES string of the molecule is Cc1ccc2occ(/C=C/C(=O)Nc3ccc(Cl)c(Cl)c3)c(=O)c2c1. The summed E-state index contributed by atoms with van der Waals surface area (Å²) in [6.07, 6.45) is 4.01. The van der Waals surface area contributed by atoms with E-state index in [2.05, 4.69) is 5.32 Å². The van der Waals surface area contributed by atoms with Crippen molar-refractivity contribution in [3.63, 3.8) is 0 Å². The maximum absolute atomic E-state index is 12.5. The van der Waals surface area contributed by atoms with Crippen LogP contribution in [0.15, 0.2) is 57.9 Å². The van der Waals surface area contributed by atoms with Gasteiger partial charge < -0.3 is 9.73 Å². The van der Waals surface area contributed by atoms with Crippen LogP contribution in [0.1, 0.15) is 11.1 Å². The fourth-order valence-electron chi connectivity index (χ4n) is 2.30. The molecule has 1 amide bonds. The van der Waals surface area contributed by atoms with Gasteiger partial charge in [0.15, 0.2) is 5.43 Å². The lowest BCUT2D eigenvalue weighted by molar-refractivity contribution is -0.111. The molecule has 25 heavy (non-hydrogen) atoms. The van der Waals surface area contributed by atoms with Crippen molar-refractivity contribution in [2.75, 3.05) is 5.32 Å². The Labute approximate surface area is 153 Å². The summed E-state index contributed by atoms with van der Waals surface area (Å²) < 4.78 is 5.44. The molecule has 1 aromatic heterocycles. The highest BCUT2D eigenvalue weighted by Crippen LogP contribution is 2.25. The second-order valence-electron chi connectivity index (χ2n) is 5.47. The van der Waals surface area contributed by atoms with Gasteiger partial charge >= 0.3 is 0 Å². The van der Waals surface area contributed by atoms with Gasteiger partial charge in [0.1, 0.15) is 11.8 Å². The zero-order chi connectivity index (χ0) is 18.0. The molecule has 0 atom stereocenters. The summed E-state index contributed by atoms with van der Waals surface area (Å²) >= 11 is 11.7. The lowest BCUT2D eigenvalue weighted by atomic mass is 10.1. The van der Waals surface area contributed by atoms with Crippen LogP contribution < -0.4 is 10.7 Å². The Hall–Kier alpha value is -2.56. The van der Waals surface area contributed by atoms with Gasteiger partial charge in [-0.15, -0.1) is 0 Å². The number of hydrogen-bond acceptors (Lipinski definition) is 3. The van der Waals surface area contributed by atoms with Gasteiger partial charge in [0.25, 0.3) is 0 Å². The third-order valence-electron chi connectivity index (χ3n) is 3.56. The molecular weight excluding hydrogens is 361 g/mol. The normalized spacial score (nSPS) is 11.2. The number of amides is 1. The molecule has 0 radical (unpaired) electrons. The Morgan fingerprint density at radius 1 is 1.12 bits per heavy atom. The monoisotopic (exact) mass is 373 g/mol. The van der Waals surface area contributed by atoms with E-state index in [0.717, 1.165) is 5.56 Å². The van der Waals surface area contributed by atoms with Crippen LogP contribution in [0.2, 0.25) is 10.0 Å². The summed E-state index contributed by atoms with van der Waals surface area (Å²) in [6.45, 7) is 1.89. The molecule has 0 aliphatic carbocycles. The number of nitrogens with one attached hydrogen (secondary N) is 1. The van der Waals surface area contributed by atoms with Gasteiger partial charge in [-0.1, -0.05) is 34.8 Å². The third kappa shape index (κ3) is 3.92. The van der Waals surface area contributed by atoms with E-state index in [1.54, 1.807) is 30.3 Å². The molecular formula is C19H13Cl2NO3. The van der Waals surface area contributed by atoms with Crippen molar-refractivity contribution in [2.45, 2.75) is 6.92 Å². The summed E-state index contributed by atoms with van der Waals surface area (Å²) in [5, 5.41) is 3.87. The maximum Gasteiger partial charge on any atom is 0.248 e. The largest absolute Gasteiger partial charge is 0.463 e. The van der Waals surface area contributed by atoms with Crippen LogP contribution in [0, 0.1) is 6.92 Å². The minimum atomic E-state index is -0.401. The molecule has 0 spiro atoms. The number of rotatable bonds is 3. The number of carbonyl (C=O) groups excluding carboxylic acids is 1. The number of hydrogen-bond donors (Lipinski definition) is 1. The number of halogens is 2. The van der Waals surface area contributed by atoms with Crippen LogP contribution in [0.25, 0.3) is 17.0 Å². The van der Waals surface area contributed by atoms with Gasteiger partial charge in [-0.2, -0.15) is 0 Å². The molecule has 2 aromatic carbocycles. The van der Waals surface area contributed by atoms with E-state index in [1.165, 1.54) is 18.4 Å². The quantitative estimate of drug-likeness (QED) is 0.652. The van der Waals surface area contributed by atoms with Crippen molar-refractivity contribution in [2.24, 2.45) is 0 Å². The number of carbonyl (C=O) groups is 1. The second-order valence-corrected chi connectivity index (χ2v) is 6.29. The minimum Gasteiger partial charge on any atom is -0.463 e. The molecule has 0 fully saturated rings. The summed E-state index contributed by atoms with van der Waals surface area (Å²) in [5.41, 5.74) is 2.07. The van der Waals surface area contributed by atoms with E-state index in [-0.39, 0.29) is 5.43 Å². The van der Waals surface area contributed by atoms with E-state index in [1.807, 2.05) is 13.0 Å². The highest BCUT2D eigenvalue weighted by atomic mass is 35.5. The van der Waals surface area contributed by atoms with Crippen molar-refractivity contribution >= 4 is 51.8 Å². The first-order valence-electron chi connectivity index (χ1n) is 7.40. The van der Waals surface area contributed by atoms with Crippen LogP contribution in [0.3, 0.4) is 0 Å². The second kappa shape index (κ2) is 7.13. The van der Waals surface area contributed by atoms with Crippen LogP contribution in [0.4, 0.5) is 5.69 Å². The molecule has 1 N–H and O–H groups in total. The van der Waals surface area contributed by atoms with E-state index < -0.39 is 5.91 Å². The molecule has 0 bridgehead atoms. The van der Waals surface area contributed by atoms with Crippen LogP contribution in [-0.4, -0.2) is 5.91 Å². The van der Waals surface area contributed by atoms with Crippen molar-refractivity contribution in [3.8, 4) is 0 Å². The van der Waals surface area contributed by atoms with E-state index in [9.17, 15) is 9.59 Å². The number of aryl methyl sites for hydroxylation is 1. The fourth-order valence-corrected chi connectivity index (χ4v) is 2.60. The molecule has 0 aliphatic rings. The number of fused-ring (bicyclic) bond motifs is 1. The minimum absolute atomic E-state index is 0.191. The van der Waals surface area contributed by atoms with E-state index >= 15 is 0 Å². The van der Waals surface area contributed by atoms with Crippen LogP contribution >= 0.6 is 23.2 Å². The molecule has 126 valence electrons. The van der Waals surface area contributed by atoms with Crippen molar-refractivity contribution in [1.82, 2.24) is 0 Å². The summed E-state index contributed by atoms with van der Waals surface area (Å²) in [7, 11) is 0. The predicted octanol–water partition coefficient (Wildman–Crippen LogP) is 5.06. The van der Waals surface area contributed by atoms with Gasteiger partial charge in [0.2, 0.25) is 5.91 Å². The Kier molecular flexibility index (Phi) is 4.93. The Morgan fingerprint density at radius 2 is 1.92 bits per heavy atom. The van der Waals surface area contributed by atoms with Crippen molar-refractivity contribution < 1.29 is 9.21 Å². The molecule has 1 heterocycles. The average Bonchev–Trinajstić information content (AvgIpc) is 2.58. The smallest absolute Gasteiger partial charge is 0.248 e. The number of anilines is 1. The maximum atomic E-state index is 12.5. The van der Waals surface area contributed by atoms with Gasteiger partial charge in [-0.3, -0.25) is 9.59 Å². The average molecular weight is 374 g/mol. The molecule has 3 aromatic rings. The third-order valence-corrected chi connectivity index (χ3v) is 4.30. The molecule has 4 nitrogen and oxygen atoms in total. The first kappa shape index (κ1) is 17.3. The lowest BCUT2D eigenvalue weighted by Gasteiger charge is -2.03. The Morgan fingerprint density at radius 3 is 2.68 bits per heavy atom. The first-order chi connectivity index (χ1) is 11.9. The highest BCUT2D eigenvalue weighted by Gasteiger charge is 2.06. The predicted molar refractivity (Wildman–Crippen MR) is 101 cm³/mol. The van der Waals surface area contributed by atoms with Gasteiger partial charge in [0, 0.05) is 11.8 Å². The van der Waals surface area contributed by atoms with Gasteiger partial charge in [-0.05, 0) is 43.3 Å². The topological polar surface area (TPSA) is 59.3 Å². The molecule has 0 aliphatic heterocycles. The van der Waals surface area contributed by atoms with Crippen molar-refractivity contribution in [3.05, 3.63) is 80.1 Å².